The molecular formula is C18H21BrN2S. The lowest BCUT2D eigenvalue weighted by atomic mass is 10.0. The summed E-state index contributed by atoms with van der Waals surface area (Å²) < 4.78 is 1.10. The van der Waals surface area contributed by atoms with Crippen LogP contribution in [0.2, 0.25) is 0 Å². The lowest BCUT2D eigenvalue weighted by Crippen LogP contribution is -2.32. The van der Waals surface area contributed by atoms with Crippen LogP contribution in [0.4, 0.5) is 5.69 Å². The lowest BCUT2D eigenvalue weighted by Gasteiger charge is -2.20. The van der Waals surface area contributed by atoms with E-state index in [0.717, 1.165) is 16.6 Å². The molecule has 0 aliphatic carbocycles. The third kappa shape index (κ3) is 4.55. The van der Waals surface area contributed by atoms with E-state index in [1.807, 2.05) is 12.1 Å². The minimum atomic E-state index is 0.220. The first-order valence-electron chi connectivity index (χ1n) is 7.40. The Morgan fingerprint density at radius 2 is 1.82 bits per heavy atom. The SMILES string of the molecule is CC[C@H](NC(=S)Nc1ccc(Br)c(C)c1)c1ccc(C)cc1. The number of nitrogens with one attached hydrogen (secondary N) is 2. The molecule has 0 saturated heterocycles. The van der Waals surface area contributed by atoms with Crippen LogP contribution in [0.1, 0.15) is 36.1 Å². The molecule has 1 atom stereocenters. The zero-order valence-electron chi connectivity index (χ0n) is 13.1. The van der Waals surface area contributed by atoms with Crippen LogP contribution in [0, 0.1) is 13.8 Å². The van der Waals surface area contributed by atoms with Crippen LogP contribution < -0.4 is 10.6 Å². The van der Waals surface area contributed by atoms with Gasteiger partial charge in [-0.1, -0.05) is 52.7 Å². The molecule has 116 valence electrons. The average Bonchev–Trinajstić information content (AvgIpc) is 2.49. The summed E-state index contributed by atoms with van der Waals surface area (Å²) in [7, 11) is 0. The van der Waals surface area contributed by atoms with Crippen molar-refractivity contribution in [2.45, 2.75) is 33.2 Å². The minimum Gasteiger partial charge on any atom is -0.356 e. The van der Waals surface area contributed by atoms with Crippen molar-refractivity contribution in [2.24, 2.45) is 0 Å². The van der Waals surface area contributed by atoms with Crippen LogP contribution >= 0.6 is 28.1 Å². The summed E-state index contributed by atoms with van der Waals surface area (Å²) in [6.07, 6.45) is 0.976. The maximum Gasteiger partial charge on any atom is 0.171 e. The van der Waals surface area contributed by atoms with E-state index in [0.29, 0.717) is 5.11 Å². The number of benzene rings is 2. The van der Waals surface area contributed by atoms with Crippen molar-refractivity contribution in [3.05, 3.63) is 63.6 Å². The van der Waals surface area contributed by atoms with Gasteiger partial charge in [0.05, 0.1) is 6.04 Å². The van der Waals surface area contributed by atoms with E-state index < -0.39 is 0 Å². The Hall–Kier alpha value is -1.39. The molecule has 0 saturated carbocycles. The Kier molecular flexibility index (Phi) is 5.98. The van der Waals surface area contributed by atoms with E-state index in [1.165, 1.54) is 16.7 Å². The Bertz CT molecular complexity index is 653. The molecule has 2 nitrogen and oxygen atoms in total. The third-order valence-corrected chi connectivity index (χ3v) is 4.72. The van der Waals surface area contributed by atoms with Gasteiger partial charge in [-0.25, -0.2) is 0 Å². The van der Waals surface area contributed by atoms with Gasteiger partial charge in [-0.2, -0.15) is 0 Å². The predicted octanol–water partition coefficient (Wildman–Crippen LogP) is 5.50. The maximum atomic E-state index is 5.45. The van der Waals surface area contributed by atoms with E-state index in [1.54, 1.807) is 0 Å². The van der Waals surface area contributed by atoms with E-state index in [4.69, 9.17) is 12.2 Å². The number of rotatable bonds is 4. The van der Waals surface area contributed by atoms with Crippen LogP contribution in [0.25, 0.3) is 0 Å². The summed E-state index contributed by atoms with van der Waals surface area (Å²) >= 11 is 8.95. The van der Waals surface area contributed by atoms with Crippen molar-refractivity contribution in [1.82, 2.24) is 5.32 Å². The van der Waals surface area contributed by atoms with E-state index in [9.17, 15) is 0 Å². The van der Waals surface area contributed by atoms with Crippen molar-refractivity contribution in [3.8, 4) is 0 Å². The number of halogens is 1. The predicted molar refractivity (Wildman–Crippen MR) is 102 cm³/mol. The highest BCUT2D eigenvalue weighted by Gasteiger charge is 2.10. The van der Waals surface area contributed by atoms with Crippen molar-refractivity contribution < 1.29 is 0 Å². The van der Waals surface area contributed by atoms with Gasteiger partial charge in [0, 0.05) is 10.2 Å². The Morgan fingerprint density at radius 3 is 2.41 bits per heavy atom. The molecule has 0 spiro atoms. The number of hydrogen-bond donors (Lipinski definition) is 2. The zero-order valence-corrected chi connectivity index (χ0v) is 15.5. The normalized spacial score (nSPS) is 11.8. The topological polar surface area (TPSA) is 24.1 Å². The summed E-state index contributed by atoms with van der Waals surface area (Å²) in [6, 6.07) is 14.9. The second-order valence-corrected chi connectivity index (χ2v) is 6.70. The Labute approximate surface area is 146 Å². The van der Waals surface area contributed by atoms with Gasteiger partial charge in [0.25, 0.3) is 0 Å². The molecule has 0 heterocycles. The summed E-state index contributed by atoms with van der Waals surface area (Å²) in [5.74, 6) is 0. The number of thiocarbonyl (C=S) groups is 1. The van der Waals surface area contributed by atoms with Gasteiger partial charge in [0.2, 0.25) is 0 Å². The van der Waals surface area contributed by atoms with Gasteiger partial charge < -0.3 is 10.6 Å². The van der Waals surface area contributed by atoms with Crippen molar-refractivity contribution in [2.75, 3.05) is 5.32 Å². The highest BCUT2D eigenvalue weighted by Crippen LogP contribution is 2.21. The van der Waals surface area contributed by atoms with Crippen molar-refractivity contribution in [1.29, 1.82) is 0 Å². The molecule has 2 aromatic carbocycles. The van der Waals surface area contributed by atoms with E-state index >= 15 is 0 Å². The number of aryl methyl sites for hydroxylation is 2. The molecule has 2 aromatic rings. The summed E-state index contributed by atoms with van der Waals surface area (Å²) in [6.45, 7) is 6.32. The third-order valence-electron chi connectivity index (χ3n) is 3.61. The molecule has 0 amide bonds. The van der Waals surface area contributed by atoms with E-state index in [2.05, 4.69) is 77.7 Å². The molecule has 0 unspecified atom stereocenters. The number of hydrogen-bond acceptors (Lipinski definition) is 1. The number of anilines is 1. The molecule has 4 heteroatoms. The molecule has 2 rings (SSSR count). The van der Waals surface area contributed by atoms with Crippen molar-refractivity contribution in [3.63, 3.8) is 0 Å². The summed E-state index contributed by atoms with van der Waals surface area (Å²) in [4.78, 5) is 0. The first-order valence-corrected chi connectivity index (χ1v) is 8.60. The molecule has 0 fully saturated rings. The van der Waals surface area contributed by atoms with Crippen molar-refractivity contribution >= 4 is 38.9 Å². The molecule has 2 N–H and O–H groups in total. The fraction of sp³-hybridized carbons (Fsp3) is 0.278. The largest absolute Gasteiger partial charge is 0.356 e. The van der Waals surface area contributed by atoms with Gasteiger partial charge in [-0.05, 0) is 61.8 Å². The monoisotopic (exact) mass is 376 g/mol. The Morgan fingerprint density at radius 1 is 1.14 bits per heavy atom. The molecule has 0 aromatic heterocycles. The van der Waals surface area contributed by atoms with Crippen LogP contribution in [-0.4, -0.2) is 5.11 Å². The highest BCUT2D eigenvalue weighted by atomic mass is 79.9. The minimum absolute atomic E-state index is 0.220. The second-order valence-electron chi connectivity index (χ2n) is 5.43. The molecule has 22 heavy (non-hydrogen) atoms. The maximum absolute atomic E-state index is 5.45. The molecule has 0 bridgehead atoms. The van der Waals surface area contributed by atoms with Crippen LogP contribution in [-0.2, 0) is 0 Å². The Balaban J connectivity index is 2.02. The van der Waals surface area contributed by atoms with E-state index in [-0.39, 0.29) is 6.04 Å². The summed E-state index contributed by atoms with van der Waals surface area (Å²) in [5.41, 5.74) is 4.70. The van der Waals surface area contributed by atoms with Crippen LogP contribution in [0.5, 0.6) is 0 Å². The molecular weight excluding hydrogens is 356 g/mol. The van der Waals surface area contributed by atoms with Crippen LogP contribution in [0.15, 0.2) is 46.9 Å². The fourth-order valence-corrected chi connectivity index (χ4v) is 2.77. The average molecular weight is 377 g/mol. The van der Waals surface area contributed by atoms with Gasteiger partial charge in [0.1, 0.15) is 0 Å². The zero-order chi connectivity index (χ0) is 16.1. The van der Waals surface area contributed by atoms with Gasteiger partial charge in [-0.3, -0.25) is 0 Å². The lowest BCUT2D eigenvalue weighted by molar-refractivity contribution is 0.629. The van der Waals surface area contributed by atoms with Crippen LogP contribution in [0.3, 0.4) is 0 Å². The standard InChI is InChI=1S/C18H21BrN2S/c1-4-17(14-7-5-12(2)6-8-14)21-18(22)20-15-9-10-16(19)13(3)11-15/h5-11,17H,4H2,1-3H3,(H2,20,21,22)/t17-/m0/s1. The molecule has 0 aliphatic rings. The quantitative estimate of drug-likeness (QED) is 0.688. The molecule has 0 aliphatic heterocycles. The first-order chi connectivity index (χ1) is 10.5. The van der Waals surface area contributed by atoms with Gasteiger partial charge >= 0.3 is 0 Å². The van der Waals surface area contributed by atoms with Gasteiger partial charge in [-0.15, -0.1) is 0 Å². The second kappa shape index (κ2) is 7.75. The molecule has 0 radical (unpaired) electrons. The summed E-state index contributed by atoms with van der Waals surface area (Å²) in [5, 5.41) is 7.30. The smallest absolute Gasteiger partial charge is 0.171 e. The first kappa shape index (κ1) is 17.0. The fourth-order valence-electron chi connectivity index (χ4n) is 2.27. The van der Waals surface area contributed by atoms with Gasteiger partial charge in [0.15, 0.2) is 5.11 Å². The highest BCUT2D eigenvalue weighted by molar-refractivity contribution is 9.10.